The van der Waals surface area contributed by atoms with Gasteiger partial charge in [-0.3, -0.25) is 14.1 Å². The lowest BCUT2D eigenvalue weighted by Gasteiger charge is -2.11. The van der Waals surface area contributed by atoms with Crippen molar-refractivity contribution in [1.82, 2.24) is 24.6 Å². The van der Waals surface area contributed by atoms with Crippen molar-refractivity contribution in [1.29, 1.82) is 0 Å². The molecular weight excluding hydrogens is 400 g/mol. The van der Waals surface area contributed by atoms with Crippen LogP contribution in [0.5, 0.6) is 0 Å². The summed E-state index contributed by atoms with van der Waals surface area (Å²) in [5.74, 6) is 7.51. The standard InChI is InChI=1S/C25H30N6O/c1-17(2)14-26-23-24-27-15-22(31(24)16-21(28-23)6-5-13-30(3)4)18-7-9-19(10-8-18)25(32)29-20-11-12-20/h7-10,15-17,20H,11-14H2,1-4H3,(H,26,28)(H,29,32). The monoisotopic (exact) mass is 430 g/mol. The number of carbonyl (C=O) groups is 1. The summed E-state index contributed by atoms with van der Waals surface area (Å²) < 4.78 is 2.02. The Bertz CT molecular complexity index is 1160. The van der Waals surface area contributed by atoms with Crippen LogP contribution >= 0.6 is 0 Å². The van der Waals surface area contributed by atoms with Crippen LogP contribution in [0.2, 0.25) is 0 Å². The fraction of sp³-hybridized carbons (Fsp3) is 0.400. The molecule has 2 N–H and O–H groups in total. The van der Waals surface area contributed by atoms with E-state index in [-0.39, 0.29) is 5.91 Å². The van der Waals surface area contributed by atoms with E-state index in [0.29, 0.717) is 29.8 Å². The minimum absolute atomic E-state index is 0.0139. The van der Waals surface area contributed by atoms with Crippen LogP contribution in [0, 0.1) is 17.8 Å². The number of carbonyl (C=O) groups excluding carboxylic acids is 1. The lowest BCUT2D eigenvalue weighted by atomic mass is 10.1. The van der Waals surface area contributed by atoms with Gasteiger partial charge in [0.2, 0.25) is 0 Å². The molecular formula is C25H30N6O. The Morgan fingerprint density at radius 2 is 2.00 bits per heavy atom. The highest BCUT2D eigenvalue weighted by Crippen LogP contribution is 2.25. The van der Waals surface area contributed by atoms with Gasteiger partial charge in [-0.2, -0.15) is 0 Å². The molecule has 1 aliphatic carbocycles. The number of amides is 1. The van der Waals surface area contributed by atoms with E-state index in [1.807, 2.05) is 60.1 Å². The normalized spacial score (nSPS) is 13.3. The van der Waals surface area contributed by atoms with Crippen molar-refractivity contribution in [2.75, 3.05) is 32.5 Å². The van der Waals surface area contributed by atoms with E-state index in [4.69, 9.17) is 4.98 Å². The lowest BCUT2D eigenvalue weighted by Crippen LogP contribution is -2.25. The third-order valence-electron chi connectivity index (χ3n) is 5.14. The first kappa shape index (κ1) is 21.8. The summed E-state index contributed by atoms with van der Waals surface area (Å²) in [5, 5.41) is 6.44. The Labute approximate surface area is 189 Å². The highest BCUT2D eigenvalue weighted by molar-refractivity contribution is 5.95. The van der Waals surface area contributed by atoms with E-state index in [1.165, 1.54) is 0 Å². The number of fused-ring (bicyclic) bond motifs is 1. The molecule has 1 amide bonds. The van der Waals surface area contributed by atoms with Gasteiger partial charge in [0, 0.05) is 29.9 Å². The van der Waals surface area contributed by atoms with Crippen molar-refractivity contribution < 1.29 is 4.79 Å². The Morgan fingerprint density at radius 1 is 1.25 bits per heavy atom. The van der Waals surface area contributed by atoms with E-state index in [0.717, 1.165) is 42.1 Å². The number of hydrogen-bond donors (Lipinski definition) is 2. The van der Waals surface area contributed by atoms with Crippen LogP contribution in [0.15, 0.2) is 36.7 Å². The number of anilines is 1. The summed E-state index contributed by atoms with van der Waals surface area (Å²) >= 11 is 0. The van der Waals surface area contributed by atoms with Crippen LogP contribution in [0.4, 0.5) is 5.82 Å². The van der Waals surface area contributed by atoms with Gasteiger partial charge in [-0.15, -0.1) is 0 Å². The summed E-state index contributed by atoms with van der Waals surface area (Å²) in [5.41, 5.74) is 4.03. The van der Waals surface area contributed by atoms with Crippen LogP contribution in [-0.4, -0.2) is 58.4 Å². The average molecular weight is 431 g/mol. The zero-order chi connectivity index (χ0) is 22.7. The van der Waals surface area contributed by atoms with E-state index in [9.17, 15) is 4.79 Å². The molecule has 2 heterocycles. The minimum Gasteiger partial charge on any atom is -0.367 e. The van der Waals surface area contributed by atoms with Crippen LogP contribution in [0.1, 0.15) is 42.7 Å². The fourth-order valence-corrected chi connectivity index (χ4v) is 3.26. The SMILES string of the molecule is CC(C)CNc1nc(C#CCN(C)C)cn2c(-c3ccc(C(=O)NC4CC4)cc3)cnc12. The molecule has 0 unspecified atom stereocenters. The van der Waals surface area contributed by atoms with Gasteiger partial charge in [0.25, 0.3) is 5.91 Å². The van der Waals surface area contributed by atoms with E-state index in [2.05, 4.69) is 41.3 Å². The van der Waals surface area contributed by atoms with Crippen molar-refractivity contribution >= 4 is 17.4 Å². The van der Waals surface area contributed by atoms with Crippen molar-refractivity contribution in [2.24, 2.45) is 5.92 Å². The third kappa shape index (κ3) is 5.27. The molecule has 0 saturated heterocycles. The minimum atomic E-state index is -0.0139. The Hall–Kier alpha value is -3.37. The Kier molecular flexibility index (Phi) is 6.42. The first-order chi connectivity index (χ1) is 15.4. The number of nitrogens with zero attached hydrogens (tertiary/aromatic N) is 4. The number of aromatic nitrogens is 3. The molecule has 3 aromatic rings. The van der Waals surface area contributed by atoms with E-state index < -0.39 is 0 Å². The largest absolute Gasteiger partial charge is 0.367 e. The summed E-state index contributed by atoms with van der Waals surface area (Å²) in [7, 11) is 3.98. The van der Waals surface area contributed by atoms with Crippen LogP contribution in [-0.2, 0) is 0 Å². The van der Waals surface area contributed by atoms with E-state index >= 15 is 0 Å². The van der Waals surface area contributed by atoms with Gasteiger partial charge in [0.1, 0.15) is 5.69 Å². The summed E-state index contributed by atoms with van der Waals surface area (Å²) in [4.78, 5) is 23.7. The van der Waals surface area contributed by atoms with E-state index in [1.54, 1.807) is 0 Å². The highest BCUT2D eigenvalue weighted by atomic mass is 16.1. The topological polar surface area (TPSA) is 74.6 Å². The van der Waals surface area contributed by atoms with Gasteiger partial charge in [-0.05, 0) is 50.9 Å². The van der Waals surface area contributed by atoms with Crippen molar-refractivity contribution in [3.8, 4) is 23.1 Å². The average Bonchev–Trinajstić information content (AvgIpc) is 3.47. The predicted octanol–water partition coefficient (Wildman–Crippen LogP) is 3.27. The molecule has 0 aliphatic heterocycles. The summed E-state index contributed by atoms with van der Waals surface area (Å²) in [6, 6.07) is 8.00. The van der Waals surface area contributed by atoms with Gasteiger partial charge >= 0.3 is 0 Å². The number of rotatable bonds is 7. The van der Waals surface area contributed by atoms with Crippen LogP contribution in [0.3, 0.4) is 0 Å². The molecule has 4 rings (SSSR count). The molecule has 0 bridgehead atoms. The van der Waals surface area contributed by atoms with Gasteiger partial charge in [-0.25, -0.2) is 9.97 Å². The molecule has 0 radical (unpaired) electrons. The van der Waals surface area contributed by atoms with Crippen molar-refractivity contribution in [3.05, 3.63) is 47.9 Å². The number of benzene rings is 1. The predicted molar refractivity (Wildman–Crippen MR) is 128 cm³/mol. The smallest absolute Gasteiger partial charge is 0.251 e. The molecule has 7 nitrogen and oxygen atoms in total. The quantitative estimate of drug-likeness (QED) is 0.563. The maximum Gasteiger partial charge on any atom is 0.251 e. The second kappa shape index (κ2) is 9.41. The molecule has 7 heteroatoms. The molecule has 0 atom stereocenters. The number of nitrogens with one attached hydrogen (secondary N) is 2. The summed E-state index contributed by atoms with van der Waals surface area (Å²) in [6.45, 7) is 5.77. The molecule has 1 aromatic carbocycles. The molecule has 32 heavy (non-hydrogen) atoms. The zero-order valence-electron chi connectivity index (χ0n) is 19.1. The zero-order valence-corrected chi connectivity index (χ0v) is 19.1. The molecule has 2 aromatic heterocycles. The maximum atomic E-state index is 12.3. The van der Waals surface area contributed by atoms with Gasteiger partial charge < -0.3 is 10.6 Å². The highest BCUT2D eigenvalue weighted by Gasteiger charge is 2.23. The first-order valence-corrected chi connectivity index (χ1v) is 11.1. The Balaban J connectivity index is 1.68. The fourth-order valence-electron chi connectivity index (χ4n) is 3.26. The van der Waals surface area contributed by atoms with Crippen LogP contribution < -0.4 is 10.6 Å². The third-order valence-corrected chi connectivity index (χ3v) is 5.14. The molecule has 166 valence electrons. The lowest BCUT2D eigenvalue weighted by molar-refractivity contribution is 0.0951. The molecule has 1 saturated carbocycles. The van der Waals surface area contributed by atoms with Crippen molar-refractivity contribution in [3.63, 3.8) is 0 Å². The van der Waals surface area contributed by atoms with Gasteiger partial charge in [0.05, 0.1) is 18.4 Å². The van der Waals surface area contributed by atoms with Gasteiger partial charge in [0.15, 0.2) is 11.5 Å². The van der Waals surface area contributed by atoms with Gasteiger partial charge in [-0.1, -0.05) is 31.9 Å². The molecule has 1 fully saturated rings. The van der Waals surface area contributed by atoms with Crippen molar-refractivity contribution in [2.45, 2.75) is 32.7 Å². The number of imidazole rings is 1. The summed E-state index contributed by atoms with van der Waals surface area (Å²) in [6.07, 6.45) is 5.92. The maximum absolute atomic E-state index is 12.3. The number of hydrogen-bond acceptors (Lipinski definition) is 5. The second-order valence-corrected chi connectivity index (χ2v) is 8.95. The first-order valence-electron chi connectivity index (χ1n) is 11.1. The second-order valence-electron chi connectivity index (χ2n) is 8.95. The van der Waals surface area contributed by atoms with Crippen LogP contribution in [0.25, 0.3) is 16.9 Å². The Morgan fingerprint density at radius 3 is 2.66 bits per heavy atom. The molecule has 1 aliphatic rings. The molecule has 0 spiro atoms.